The average molecular weight is 240 g/mol. The molecule has 0 aliphatic heterocycles. The smallest absolute Gasteiger partial charge is 0.158 e. The van der Waals surface area contributed by atoms with Crippen molar-refractivity contribution in [2.24, 2.45) is 17.3 Å². The molecule has 1 aliphatic carbocycles. The first-order valence-corrected chi connectivity index (χ1v) is 6.98. The van der Waals surface area contributed by atoms with Gasteiger partial charge in [0.1, 0.15) is 6.61 Å². The molecule has 0 aromatic heterocycles. The number of hydrogen-bond acceptors (Lipinski definition) is 2. The van der Waals surface area contributed by atoms with Gasteiger partial charge in [-0.3, -0.25) is 4.79 Å². The van der Waals surface area contributed by atoms with Gasteiger partial charge in [-0.15, -0.1) is 0 Å². The molecule has 1 aliphatic rings. The van der Waals surface area contributed by atoms with E-state index < -0.39 is 0 Å². The molecule has 1 fully saturated rings. The van der Waals surface area contributed by atoms with E-state index in [1.807, 2.05) is 6.92 Å². The molecule has 3 atom stereocenters. The highest BCUT2D eigenvalue weighted by Crippen LogP contribution is 2.41. The van der Waals surface area contributed by atoms with Gasteiger partial charge in [0.15, 0.2) is 5.78 Å². The fourth-order valence-corrected chi connectivity index (χ4v) is 2.81. The molecule has 17 heavy (non-hydrogen) atoms. The maximum absolute atomic E-state index is 11.4. The molecule has 0 heterocycles. The molecule has 0 aromatic carbocycles. The van der Waals surface area contributed by atoms with Gasteiger partial charge in [-0.25, -0.2) is 0 Å². The summed E-state index contributed by atoms with van der Waals surface area (Å²) in [5.74, 6) is 1.54. The molecule has 0 N–H and O–H groups in total. The lowest BCUT2D eigenvalue weighted by Gasteiger charge is -2.42. The van der Waals surface area contributed by atoms with E-state index in [0.717, 1.165) is 12.3 Å². The van der Waals surface area contributed by atoms with Crippen LogP contribution in [0.5, 0.6) is 0 Å². The van der Waals surface area contributed by atoms with Gasteiger partial charge >= 0.3 is 0 Å². The zero-order chi connectivity index (χ0) is 13.1. The van der Waals surface area contributed by atoms with Crippen molar-refractivity contribution in [2.45, 2.75) is 66.4 Å². The normalized spacial score (nSPS) is 30.3. The van der Waals surface area contributed by atoms with Gasteiger partial charge in [0.2, 0.25) is 0 Å². The molecular formula is C15H28O2. The van der Waals surface area contributed by atoms with E-state index in [0.29, 0.717) is 18.9 Å². The van der Waals surface area contributed by atoms with E-state index in [-0.39, 0.29) is 17.3 Å². The molecule has 1 saturated carbocycles. The van der Waals surface area contributed by atoms with E-state index in [1.165, 1.54) is 12.8 Å². The lowest BCUT2D eigenvalue weighted by atomic mass is 9.68. The van der Waals surface area contributed by atoms with Crippen molar-refractivity contribution in [2.75, 3.05) is 6.61 Å². The van der Waals surface area contributed by atoms with Gasteiger partial charge in [0, 0.05) is 6.42 Å². The Kier molecular flexibility index (Phi) is 5.18. The zero-order valence-corrected chi connectivity index (χ0v) is 12.1. The SMILES string of the molecule is CCC(=O)COC1CC(C)CCC1C(C)(C)C. The second-order valence-corrected chi connectivity index (χ2v) is 6.63. The van der Waals surface area contributed by atoms with Gasteiger partial charge in [0.25, 0.3) is 0 Å². The van der Waals surface area contributed by atoms with Crippen LogP contribution in [0, 0.1) is 17.3 Å². The second kappa shape index (κ2) is 5.99. The predicted molar refractivity (Wildman–Crippen MR) is 71.0 cm³/mol. The molecule has 0 bridgehead atoms. The lowest BCUT2D eigenvalue weighted by molar-refractivity contribution is -0.130. The number of ketones is 1. The van der Waals surface area contributed by atoms with Gasteiger partial charge in [-0.05, 0) is 30.1 Å². The summed E-state index contributed by atoms with van der Waals surface area (Å²) in [6, 6.07) is 0. The molecule has 2 nitrogen and oxygen atoms in total. The van der Waals surface area contributed by atoms with Crippen LogP contribution in [0.15, 0.2) is 0 Å². The maximum atomic E-state index is 11.4. The van der Waals surface area contributed by atoms with E-state index in [9.17, 15) is 4.79 Å². The summed E-state index contributed by atoms with van der Waals surface area (Å²) in [4.78, 5) is 11.4. The van der Waals surface area contributed by atoms with Crippen molar-refractivity contribution in [3.63, 3.8) is 0 Å². The van der Waals surface area contributed by atoms with E-state index in [4.69, 9.17) is 4.74 Å². The molecule has 1 rings (SSSR count). The van der Waals surface area contributed by atoms with Crippen LogP contribution in [0.3, 0.4) is 0 Å². The van der Waals surface area contributed by atoms with Crippen molar-refractivity contribution >= 4 is 5.78 Å². The Morgan fingerprint density at radius 2 is 1.94 bits per heavy atom. The summed E-state index contributed by atoms with van der Waals surface area (Å²) in [5, 5.41) is 0. The first kappa shape index (κ1) is 14.7. The van der Waals surface area contributed by atoms with Crippen molar-refractivity contribution in [3.8, 4) is 0 Å². The topological polar surface area (TPSA) is 26.3 Å². The second-order valence-electron chi connectivity index (χ2n) is 6.63. The number of ether oxygens (including phenoxy) is 1. The third-order valence-electron chi connectivity index (χ3n) is 4.02. The highest BCUT2D eigenvalue weighted by Gasteiger charge is 2.37. The Labute approximate surface area is 106 Å². The summed E-state index contributed by atoms with van der Waals surface area (Å²) in [6.45, 7) is 11.3. The Hall–Kier alpha value is -0.370. The molecule has 0 saturated heterocycles. The Bertz CT molecular complexity index is 252. The predicted octanol–water partition coefficient (Wildman–Crippen LogP) is 3.83. The third-order valence-corrected chi connectivity index (χ3v) is 4.02. The van der Waals surface area contributed by atoms with Crippen molar-refractivity contribution < 1.29 is 9.53 Å². The maximum Gasteiger partial charge on any atom is 0.158 e. The third kappa shape index (κ3) is 4.42. The monoisotopic (exact) mass is 240 g/mol. The summed E-state index contributed by atoms with van der Waals surface area (Å²) < 4.78 is 5.90. The summed E-state index contributed by atoms with van der Waals surface area (Å²) in [5.41, 5.74) is 0.278. The van der Waals surface area contributed by atoms with Gasteiger partial charge < -0.3 is 4.74 Å². The van der Waals surface area contributed by atoms with Gasteiger partial charge in [-0.1, -0.05) is 41.0 Å². The minimum Gasteiger partial charge on any atom is -0.370 e. The number of hydrogen-bond donors (Lipinski definition) is 0. The Morgan fingerprint density at radius 1 is 1.29 bits per heavy atom. The fraction of sp³-hybridized carbons (Fsp3) is 0.933. The van der Waals surface area contributed by atoms with E-state index >= 15 is 0 Å². The molecule has 0 radical (unpaired) electrons. The van der Waals surface area contributed by atoms with Crippen molar-refractivity contribution in [1.29, 1.82) is 0 Å². The van der Waals surface area contributed by atoms with Crippen LogP contribution in [0.25, 0.3) is 0 Å². The number of Topliss-reactive ketones (excluding diaryl/α,β-unsaturated/α-hetero) is 1. The molecular weight excluding hydrogens is 212 g/mol. The van der Waals surface area contributed by atoms with Crippen LogP contribution in [0.2, 0.25) is 0 Å². The van der Waals surface area contributed by atoms with Gasteiger partial charge in [0.05, 0.1) is 6.10 Å². The Morgan fingerprint density at radius 3 is 2.47 bits per heavy atom. The summed E-state index contributed by atoms with van der Waals surface area (Å²) in [7, 11) is 0. The minimum absolute atomic E-state index is 0.218. The number of carbonyl (C=O) groups excluding carboxylic acids is 1. The van der Waals surface area contributed by atoms with Crippen LogP contribution in [0.1, 0.15) is 60.3 Å². The largest absolute Gasteiger partial charge is 0.370 e. The summed E-state index contributed by atoms with van der Waals surface area (Å²) in [6.07, 6.45) is 4.50. The van der Waals surface area contributed by atoms with Crippen LogP contribution in [-0.4, -0.2) is 18.5 Å². The molecule has 2 heteroatoms. The molecule has 0 aromatic rings. The van der Waals surface area contributed by atoms with Gasteiger partial charge in [-0.2, -0.15) is 0 Å². The molecule has 0 amide bonds. The molecule has 0 spiro atoms. The minimum atomic E-state index is 0.218. The van der Waals surface area contributed by atoms with Crippen molar-refractivity contribution in [3.05, 3.63) is 0 Å². The number of rotatable bonds is 4. The van der Waals surface area contributed by atoms with E-state index in [1.54, 1.807) is 0 Å². The highest BCUT2D eigenvalue weighted by molar-refractivity contribution is 5.79. The quantitative estimate of drug-likeness (QED) is 0.746. The molecule has 3 unspecified atom stereocenters. The Balaban J connectivity index is 2.59. The summed E-state index contributed by atoms with van der Waals surface area (Å²) >= 11 is 0. The van der Waals surface area contributed by atoms with Crippen molar-refractivity contribution in [1.82, 2.24) is 0 Å². The zero-order valence-electron chi connectivity index (χ0n) is 12.1. The van der Waals surface area contributed by atoms with Crippen LogP contribution < -0.4 is 0 Å². The first-order valence-electron chi connectivity index (χ1n) is 6.98. The van der Waals surface area contributed by atoms with Crippen LogP contribution in [-0.2, 0) is 9.53 Å². The lowest BCUT2D eigenvalue weighted by Crippen LogP contribution is -2.39. The standard InChI is InChI=1S/C15H28O2/c1-6-12(16)10-17-14-9-11(2)7-8-13(14)15(3,4)5/h11,13-14H,6-10H2,1-5H3. The number of carbonyl (C=O) groups is 1. The molecule has 100 valence electrons. The first-order chi connectivity index (χ1) is 7.84. The van der Waals surface area contributed by atoms with E-state index in [2.05, 4.69) is 27.7 Å². The van der Waals surface area contributed by atoms with Crippen LogP contribution >= 0.6 is 0 Å². The average Bonchev–Trinajstić information content (AvgIpc) is 2.24. The van der Waals surface area contributed by atoms with Crippen LogP contribution in [0.4, 0.5) is 0 Å². The highest BCUT2D eigenvalue weighted by atomic mass is 16.5. The fourth-order valence-electron chi connectivity index (χ4n) is 2.81.